The molecule has 21 heavy (non-hydrogen) atoms. The molecule has 2 aromatic carbocycles. The van der Waals surface area contributed by atoms with Gasteiger partial charge in [-0.25, -0.2) is 13.1 Å². The van der Waals surface area contributed by atoms with E-state index in [1.54, 1.807) is 24.3 Å². The van der Waals surface area contributed by atoms with Crippen LogP contribution in [0.25, 0.3) is 0 Å². The van der Waals surface area contributed by atoms with E-state index < -0.39 is 16.1 Å². The number of nitrogens with one attached hydrogen (secondary N) is 1. The Bertz CT molecular complexity index is 731. The number of rotatable bonds is 5. The zero-order valence-electron chi connectivity index (χ0n) is 11.5. The van der Waals surface area contributed by atoms with Gasteiger partial charge >= 0.3 is 0 Å². The first-order chi connectivity index (χ1) is 9.92. The first kappa shape index (κ1) is 16.0. The van der Waals surface area contributed by atoms with Crippen LogP contribution in [0.5, 0.6) is 0 Å². The second-order valence-corrected chi connectivity index (χ2v) is 6.80. The molecule has 0 radical (unpaired) electrons. The van der Waals surface area contributed by atoms with E-state index in [1.165, 1.54) is 12.1 Å². The molecule has 2 N–H and O–H groups in total. The van der Waals surface area contributed by atoms with Crippen LogP contribution >= 0.6 is 11.6 Å². The summed E-state index contributed by atoms with van der Waals surface area (Å²) in [6.07, 6.45) is -0.913. The summed E-state index contributed by atoms with van der Waals surface area (Å²) >= 11 is 5.88. The molecule has 0 bridgehead atoms. The Balaban J connectivity index is 2.13. The fourth-order valence-electron chi connectivity index (χ4n) is 2.00. The van der Waals surface area contributed by atoms with Crippen LogP contribution in [0.15, 0.2) is 53.4 Å². The fraction of sp³-hybridized carbons (Fsp3) is 0.200. The fourth-order valence-corrected chi connectivity index (χ4v) is 3.56. The van der Waals surface area contributed by atoms with Crippen LogP contribution in [0.3, 0.4) is 0 Å². The number of aryl methyl sites for hydroxylation is 1. The smallest absolute Gasteiger partial charge is 0.242 e. The number of sulfonamides is 1. The highest BCUT2D eigenvalue weighted by molar-refractivity contribution is 7.89. The molecule has 4 nitrogen and oxygen atoms in total. The van der Waals surface area contributed by atoms with Gasteiger partial charge in [0, 0.05) is 6.54 Å². The standard InChI is InChI=1S/C15H16ClNO3S/c1-11-6-2-3-7-12(11)14(18)10-17-21(19,20)15-9-5-4-8-13(15)16/h2-9,14,17-18H,10H2,1H3. The molecule has 0 aliphatic heterocycles. The summed E-state index contributed by atoms with van der Waals surface area (Å²) in [7, 11) is -3.75. The highest BCUT2D eigenvalue weighted by atomic mass is 35.5. The summed E-state index contributed by atoms with van der Waals surface area (Å²) in [4.78, 5) is 0.00338. The lowest BCUT2D eigenvalue weighted by atomic mass is 10.0. The third-order valence-electron chi connectivity index (χ3n) is 3.14. The van der Waals surface area contributed by atoms with Crippen molar-refractivity contribution in [1.29, 1.82) is 0 Å². The molecule has 1 atom stereocenters. The van der Waals surface area contributed by atoms with Gasteiger partial charge in [-0.15, -0.1) is 0 Å². The maximum absolute atomic E-state index is 12.2. The van der Waals surface area contributed by atoms with Crippen molar-refractivity contribution in [2.45, 2.75) is 17.9 Å². The van der Waals surface area contributed by atoms with Crippen molar-refractivity contribution in [2.24, 2.45) is 0 Å². The van der Waals surface area contributed by atoms with Gasteiger partial charge in [-0.3, -0.25) is 0 Å². The summed E-state index contributed by atoms with van der Waals surface area (Å²) < 4.78 is 26.7. The SMILES string of the molecule is Cc1ccccc1C(O)CNS(=O)(=O)c1ccccc1Cl. The lowest BCUT2D eigenvalue weighted by molar-refractivity contribution is 0.181. The Morgan fingerprint density at radius 2 is 1.76 bits per heavy atom. The van der Waals surface area contributed by atoms with Crippen molar-refractivity contribution < 1.29 is 13.5 Å². The van der Waals surface area contributed by atoms with Gasteiger partial charge in [0.15, 0.2) is 0 Å². The van der Waals surface area contributed by atoms with Gasteiger partial charge in [0.1, 0.15) is 4.90 Å². The van der Waals surface area contributed by atoms with Crippen molar-refractivity contribution in [2.75, 3.05) is 6.54 Å². The van der Waals surface area contributed by atoms with Crippen LogP contribution in [0.2, 0.25) is 5.02 Å². The predicted molar refractivity (Wildman–Crippen MR) is 82.8 cm³/mol. The van der Waals surface area contributed by atoms with Crippen molar-refractivity contribution >= 4 is 21.6 Å². The average molecular weight is 326 g/mol. The Kier molecular flexibility index (Phi) is 5.00. The monoisotopic (exact) mass is 325 g/mol. The van der Waals surface area contributed by atoms with E-state index >= 15 is 0 Å². The van der Waals surface area contributed by atoms with Gasteiger partial charge in [-0.1, -0.05) is 48.0 Å². The third kappa shape index (κ3) is 3.83. The lowest BCUT2D eigenvalue weighted by Crippen LogP contribution is -2.29. The Labute approximate surface area is 129 Å². The van der Waals surface area contributed by atoms with Crippen LogP contribution in [0, 0.1) is 6.92 Å². The molecule has 1 unspecified atom stereocenters. The van der Waals surface area contributed by atoms with E-state index in [4.69, 9.17) is 11.6 Å². The third-order valence-corrected chi connectivity index (χ3v) is 5.06. The molecule has 112 valence electrons. The number of aliphatic hydroxyl groups is 1. The van der Waals surface area contributed by atoms with Crippen LogP contribution in [0.4, 0.5) is 0 Å². The molecule has 0 aromatic heterocycles. The molecular formula is C15H16ClNO3S. The molecule has 0 spiro atoms. The molecule has 0 amide bonds. The highest BCUT2D eigenvalue weighted by Gasteiger charge is 2.19. The van der Waals surface area contributed by atoms with Gasteiger partial charge in [0.25, 0.3) is 0 Å². The maximum atomic E-state index is 12.2. The normalized spacial score (nSPS) is 13.1. The summed E-state index contributed by atoms with van der Waals surface area (Å²) in [5.41, 5.74) is 1.60. The molecule has 6 heteroatoms. The number of hydrogen-bond donors (Lipinski definition) is 2. The number of benzene rings is 2. The van der Waals surface area contributed by atoms with Crippen LogP contribution in [-0.2, 0) is 10.0 Å². The number of hydrogen-bond acceptors (Lipinski definition) is 3. The van der Waals surface area contributed by atoms with E-state index in [9.17, 15) is 13.5 Å². The topological polar surface area (TPSA) is 66.4 Å². The molecule has 0 aliphatic rings. The highest BCUT2D eigenvalue weighted by Crippen LogP contribution is 2.21. The van der Waals surface area contributed by atoms with Gasteiger partial charge < -0.3 is 5.11 Å². The molecule has 0 saturated carbocycles. The van der Waals surface area contributed by atoms with E-state index in [-0.39, 0.29) is 16.5 Å². The minimum Gasteiger partial charge on any atom is -0.387 e. The first-order valence-electron chi connectivity index (χ1n) is 6.39. The van der Waals surface area contributed by atoms with Crippen molar-refractivity contribution in [3.8, 4) is 0 Å². The van der Waals surface area contributed by atoms with Crippen LogP contribution in [0.1, 0.15) is 17.2 Å². The Morgan fingerprint density at radius 3 is 2.43 bits per heavy atom. The quantitative estimate of drug-likeness (QED) is 0.888. The summed E-state index contributed by atoms with van der Waals surface area (Å²) in [5.74, 6) is 0. The molecule has 0 saturated heterocycles. The zero-order valence-corrected chi connectivity index (χ0v) is 13.0. The summed E-state index contributed by atoms with van der Waals surface area (Å²) in [6.45, 7) is 1.75. The number of aliphatic hydroxyl groups excluding tert-OH is 1. The summed E-state index contributed by atoms with van der Waals surface area (Å²) in [6, 6.07) is 13.5. The zero-order chi connectivity index (χ0) is 15.5. The van der Waals surface area contributed by atoms with Crippen LogP contribution in [-0.4, -0.2) is 20.1 Å². The average Bonchev–Trinajstić information content (AvgIpc) is 2.45. The van der Waals surface area contributed by atoms with Gasteiger partial charge in [-0.05, 0) is 30.2 Å². The molecular weight excluding hydrogens is 310 g/mol. The minimum atomic E-state index is -3.75. The first-order valence-corrected chi connectivity index (χ1v) is 8.26. The van der Waals surface area contributed by atoms with Gasteiger partial charge in [0.2, 0.25) is 10.0 Å². The van der Waals surface area contributed by atoms with Gasteiger partial charge in [0.05, 0.1) is 11.1 Å². The molecule has 0 heterocycles. The van der Waals surface area contributed by atoms with E-state index in [2.05, 4.69) is 4.72 Å². The van der Waals surface area contributed by atoms with E-state index in [1.807, 2.05) is 19.1 Å². The van der Waals surface area contributed by atoms with Crippen molar-refractivity contribution in [3.05, 3.63) is 64.7 Å². The van der Waals surface area contributed by atoms with Crippen LogP contribution < -0.4 is 4.72 Å². The second kappa shape index (κ2) is 6.58. The largest absolute Gasteiger partial charge is 0.387 e. The van der Waals surface area contributed by atoms with Crippen molar-refractivity contribution in [1.82, 2.24) is 4.72 Å². The Morgan fingerprint density at radius 1 is 1.14 bits per heavy atom. The molecule has 0 aliphatic carbocycles. The second-order valence-electron chi connectivity index (χ2n) is 4.65. The molecule has 2 rings (SSSR count). The van der Waals surface area contributed by atoms with E-state index in [0.29, 0.717) is 5.56 Å². The predicted octanol–water partition coefficient (Wildman–Crippen LogP) is 2.66. The molecule has 0 fully saturated rings. The van der Waals surface area contributed by atoms with E-state index in [0.717, 1.165) is 5.56 Å². The maximum Gasteiger partial charge on any atom is 0.242 e. The van der Waals surface area contributed by atoms with Crippen molar-refractivity contribution in [3.63, 3.8) is 0 Å². The lowest BCUT2D eigenvalue weighted by Gasteiger charge is -2.15. The molecule has 2 aromatic rings. The Hall–Kier alpha value is -1.40. The number of halogens is 1. The minimum absolute atomic E-state index is 0.00338. The van der Waals surface area contributed by atoms with Gasteiger partial charge in [-0.2, -0.15) is 0 Å². The summed E-state index contributed by atoms with van der Waals surface area (Å²) in [5, 5.41) is 10.3.